The van der Waals surface area contributed by atoms with Crippen molar-refractivity contribution in [1.29, 1.82) is 0 Å². The van der Waals surface area contributed by atoms with E-state index < -0.39 is 0 Å². The predicted molar refractivity (Wildman–Crippen MR) is 108 cm³/mol. The summed E-state index contributed by atoms with van der Waals surface area (Å²) in [4.78, 5) is 13.2. The molecule has 0 saturated carbocycles. The molecule has 0 atom stereocenters. The second-order valence-corrected chi connectivity index (χ2v) is 7.67. The fourth-order valence-corrected chi connectivity index (χ4v) is 3.87. The van der Waals surface area contributed by atoms with Gasteiger partial charge < -0.3 is 4.74 Å². The first kappa shape index (κ1) is 17.6. The Kier molecular flexibility index (Phi) is 4.61. The number of hydrogen-bond donors (Lipinski definition) is 0. The summed E-state index contributed by atoms with van der Waals surface area (Å²) < 4.78 is 8.80. The van der Waals surface area contributed by atoms with E-state index in [0.717, 1.165) is 27.9 Å². The molecule has 0 spiro atoms. The molecule has 0 amide bonds. The van der Waals surface area contributed by atoms with Crippen LogP contribution in [0.5, 0.6) is 5.75 Å². The zero-order chi connectivity index (χ0) is 19.0. The lowest BCUT2D eigenvalue weighted by Gasteiger charge is -2.12. The molecule has 0 aliphatic heterocycles. The Labute approximate surface area is 160 Å². The standard InChI is InChI=1S/C20H20N4O2S/c1-13(2)12-27-20-22-21-19-23(14-8-10-15(26-3)11-9-14)18(25)16-6-4-5-7-17(16)24(19)20/h4-11,13H,12H2,1-3H3. The number of para-hydroxylation sites is 1. The minimum atomic E-state index is -0.115. The molecule has 0 saturated heterocycles. The second kappa shape index (κ2) is 7.08. The lowest BCUT2D eigenvalue weighted by atomic mass is 10.2. The number of aromatic nitrogens is 4. The average Bonchev–Trinajstić information content (AvgIpc) is 3.11. The smallest absolute Gasteiger partial charge is 0.267 e. The SMILES string of the molecule is COc1ccc(-n2c(=O)c3ccccc3n3c(SCC(C)C)nnc23)cc1. The third kappa shape index (κ3) is 3.08. The Hall–Kier alpha value is -2.80. The van der Waals surface area contributed by atoms with Gasteiger partial charge in [-0.1, -0.05) is 37.7 Å². The van der Waals surface area contributed by atoms with Gasteiger partial charge >= 0.3 is 0 Å². The molecule has 2 aromatic heterocycles. The number of hydrogen-bond acceptors (Lipinski definition) is 5. The van der Waals surface area contributed by atoms with E-state index in [2.05, 4.69) is 24.0 Å². The Morgan fingerprint density at radius 1 is 1.07 bits per heavy atom. The Morgan fingerprint density at radius 3 is 2.52 bits per heavy atom. The number of ether oxygens (including phenoxy) is 1. The second-order valence-electron chi connectivity index (χ2n) is 6.68. The summed E-state index contributed by atoms with van der Waals surface area (Å²) in [6, 6.07) is 14.9. The van der Waals surface area contributed by atoms with Crippen LogP contribution in [0.4, 0.5) is 0 Å². The van der Waals surface area contributed by atoms with Crippen molar-refractivity contribution in [2.24, 2.45) is 5.92 Å². The molecule has 6 nitrogen and oxygen atoms in total. The van der Waals surface area contributed by atoms with Gasteiger partial charge in [0.25, 0.3) is 5.56 Å². The summed E-state index contributed by atoms with van der Waals surface area (Å²) in [5.41, 5.74) is 1.43. The van der Waals surface area contributed by atoms with Gasteiger partial charge in [0.15, 0.2) is 5.16 Å². The summed E-state index contributed by atoms with van der Waals surface area (Å²) in [6.07, 6.45) is 0. The van der Waals surface area contributed by atoms with Crippen molar-refractivity contribution in [2.45, 2.75) is 19.0 Å². The van der Waals surface area contributed by atoms with E-state index in [-0.39, 0.29) is 5.56 Å². The molecule has 7 heteroatoms. The van der Waals surface area contributed by atoms with Gasteiger partial charge in [0, 0.05) is 5.75 Å². The van der Waals surface area contributed by atoms with E-state index in [9.17, 15) is 4.79 Å². The number of rotatable bonds is 5. The quantitative estimate of drug-likeness (QED) is 0.493. The zero-order valence-electron chi connectivity index (χ0n) is 15.4. The van der Waals surface area contributed by atoms with Gasteiger partial charge in [-0.05, 0) is 42.3 Å². The summed E-state index contributed by atoms with van der Waals surface area (Å²) in [5, 5.41) is 10.1. The first-order valence-corrected chi connectivity index (χ1v) is 9.75. The van der Waals surface area contributed by atoms with E-state index in [1.54, 1.807) is 23.4 Å². The van der Waals surface area contributed by atoms with Gasteiger partial charge in [-0.15, -0.1) is 10.2 Å². The normalized spacial score (nSPS) is 11.6. The van der Waals surface area contributed by atoms with Gasteiger partial charge in [-0.25, -0.2) is 4.57 Å². The molecule has 0 aliphatic carbocycles. The lowest BCUT2D eigenvalue weighted by molar-refractivity contribution is 0.414. The van der Waals surface area contributed by atoms with Crippen LogP contribution in [0.15, 0.2) is 58.5 Å². The maximum atomic E-state index is 13.2. The van der Waals surface area contributed by atoms with E-state index >= 15 is 0 Å². The molecule has 0 fully saturated rings. The van der Waals surface area contributed by atoms with Crippen LogP contribution in [0.3, 0.4) is 0 Å². The molecule has 4 aromatic rings. The highest BCUT2D eigenvalue weighted by atomic mass is 32.2. The molecule has 0 bridgehead atoms. The summed E-state index contributed by atoms with van der Waals surface area (Å²) in [6.45, 7) is 4.34. The zero-order valence-corrected chi connectivity index (χ0v) is 16.2. The van der Waals surface area contributed by atoms with Crippen molar-refractivity contribution in [3.8, 4) is 11.4 Å². The Balaban J connectivity index is 2.02. The maximum absolute atomic E-state index is 13.2. The number of methoxy groups -OCH3 is 1. The van der Waals surface area contributed by atoms with Crippen LogP contribution < -0.4 is 10.3 Å². The molecule has 0 aliphatic rings. The highest BCUT2D eigenvalue weighted by Crippen LogP contribution is 2.25. The lowest BCUT2D eigenvalue weighted by Crippen LogP contribution is -2.21. The van der Waals surface area contributed by atoms with Crippen LogP contribution in [0.1, 0.15) is 13.8 Å². The van der Waals surface area contributed by atoms with E-state index in [0.29, 0.717) is 17.1 Å². The Morgan fingerprint density at radius 2 is 1.81 bits per heavy atom. The highest BCUT2D eigenvalue weighted by Gasteiger charge is 2.18. The van der Waals surface area contributed by atoms with Crippen LogP contribution in [-0.4, -0.2) is 32.0 Å². The molecule has 0 N–H and O–H groups in total. The van der Waals surface area contributed by atoms with Crippen molar-refractivity contribution in [2.75, 3.05) is 12.9 Å². The first-order valence-electron chi connectivity index (χ1n) is 8.76. The fraction of sp³-hybridized carbons (Fsp3) is 0.250. The van der Waals surface area contributed by atoms with Crippen molar-refractivity contribution in [3.63, 3.8) is 0 Å². The van der Waals surface area contributed by atoms with E-state index in [4.69, 9.17) is 4.74 Å². The Bertz CT molecular complexity index is 1160. The number of fused-ring (bicyclic) bond motifs is 3. The molecule has 2 heterocycles. The molecular weight excluding hydrogens is 360 g/mol. The number of benzene rings is 2. The molecular formula is C20H20N4O2S. The van der Waals surface area contributed by atoms with Crippen molar-refractivity contribution in [1.82, 2.24) is 19.2 Å². The highest BCUT2D eigenvalue weighted by molar-refractivity contribution is 7.99. The van der Waals surface area contributed by atoms with Gasteiger partial charge in [-0.2, -0.15) is 0 Å². The van der Waals surface area contributed by atoms with Gasteiger partial charge in [0.2, 0.25) is 5.78 Å². The monoisotopic (exact) mass is 380 g/mol. The average molecular weight is 380 g/mol. The van der Waals surface area contributed by atoms with Crippen LogP contribution in [-0.2, 0) is 0 Å². The van der Waals surface area contributed by atoms with Crippen molar-refractivity contribution >= 4 is 28.4 Å². The first-order chi connectivity index (χ1) is 13.1. The summed E-state index contributed by atoms with van der Waals surface area (Å²) in [7, 11) is 1.62. The fourth-order valence-electron chi connectivity index (χ4n) is 2.98. The van der Waals surface area contributed by atoms with Crippen LogP contribution in [0.25, 0.3) is 22.4 Å². The molecule has 0 unspecified atom stereocenters. The molecule has 27 heavy (non-hydrogen) atoms. The third-order valence-corrected chi connectivity index (χ3v) is 5.63. The van der Waals surface area contributed by atoms with Crippen molar-refractivity contribution in [3.05, 3.63) is 58.9 Å². The van der Waals surface area contributed by atoms with E-state index in [1.165, 1.54) is 0 Å². The van der Waals surface area contributed by atoms with Crippen LogP contribution >= 0.6 is 11.8 Å². The third-order valence-electron chi connectivity index (χ3n) is 4.27. The summed E-state index contributed by atoms with van der Waals surface area (Å²) in [5.74, 6) is 2.70. The molecule has 2 aromatic carbocycles. The van der Waals surface area contributed by atoms with Crippen molar-refractivity contribution < 1.29 is 4.74 Å². The minimum Gasteiger partial charge on any atom is -0.497 e. The summed E-state index contributed by atoms with van der Waals surface area (Å²) >= 11 is 1.65. The predicted octanol–water partition coefficient (Wildman–Crippen LogP) is 3.79. The van der Waals surface area contributed by atoms with Crippen LogP contribution in [0, 0.1) is 5.92 Å². The number of thioether (sulfide) groups is 1. The van der Waals surface area contributed by atoms with Gasteiger partial charge in [0.1, 0.15) is 5.75 Å². The molecule has 0 radical (unpaired) electrons. The van der Waals surface area contributed by atoms with Crippen LogP contribution in [0.2, 0.25) is 0 Å². The largest absolute Gasteiger partial charge is 0.497 e. The minimum absolute atomic E-state index is 0.115. The van der Waals surface area contributed by atoms with Gasteiger partial charge in [-0.3, -0.25) is 9.20 Å². The van der Waals surface area contributed by atoms with Gasteiger partial charge in [0.05, 0.1) is 23.7 Å². The molecule has 138 valence electrons. The van der Waals surface area contributed by atoms with E-state index in [1.807, 2.05) is 52.9 Å². The number of nitrogens with zero attached hydrogens (tertiary/aromatic N) is 4. The maximum Gasteiger partial charge on any atom is 0.267 e. The topological polar surface area (TPSA) is 61.4 Å². The molecule has 4 rings (SSSR count).